The highest BCUT2D eigenvalue weighted by molar-refractivity contribution is 7.99. The summed E-state index contributed by atoms with van der Waals surface area (Å²) < 4.78 is 1.43. The predicted molar refractivity (Wildman–Crippen MR) is 71.6 cm³/mol. The lowest BCUT2D eigenvalue weighted by Crippen LogP contribution is -2.14. The lowest BCUT2D eigenvalue weighted by atomic mass is 10.1. The van der Waals surface area contributed by atoms with Crippen molar-refractivity contribution in [2.45, 2.75) is 17.0 Å². The Hall–Kier alpha value is -2.22. The zero-order chi connectivity index (χ0) is 14.0. The molecule has 0 saturated carbocycles. The van der Waals surface area contributed by atoms with Crippen molar-refractivity contribution >= 4 is 17.6 Å². The van der Waals surface area contributed by atoms with Gasteiger partial charge in [0, 0.05) is 17.5 Å². The normalized spacial score (nSPS) is 11.8. The second kappa shape index (κ2) is 5.19. The second-order valence-corrected chi connectivity index (χ2v) is 4.98. The van der Waals surface area contributed by atoms with Crippen LogP contribution in [-0.2, 0) is 7.05 Å². The summed E-state index contributed by atoms with van der Waals surface area (Å²) in [5.41, 5.74) is 6.84. The number of hydrogen-bond donors (Lipinski definition) is 3. The zero-order valence-electron chi connectivity index (χ0n) is 10.4. The molecule has 2 aromatic rings. The smallest absolute Gasteiger partial charge is 0.343 e. The van der Waals surface area contributed by atoms with Gasteiger partial charge in [-0.05, 0) is 42.4 Å². The van der Waals surface area contributed by atoms with Gasteiger partial charge in [-0.25, -0.2) is 9.89 Å². The highest BCUT2D eigenvalue weighted by Gasteiger charge is 2.09. The minimum Gasteiger partial charge on any atom is -0.409 e. The molecule has 0 unspecified atom stereocenters. The van der Waals surface area contributed by atoms with Gasteiger partial charge in [0.25, 0.3) is 0 Å². The fourth-order valence-corrected chi connectivity index (χ4v) is 2.46. The topological polar surface area (TPSA) is 109 Å². The molecule has 4 N–H and O–H groups in total. The third-order valence-electron chi connectivity index (χ3n) is 2.63. The van der Waals surface area contributed by atoms with Crippen LogP contribution in [0.2, 0.25) is 0 Å². The van der Waals surface area contributed by atoms with Crippen LogP contribution in [0.3, 0.4) is 0 Å². The Morgan fingerprint density at radius 2 is 2.32 bits per heavy atom. The molecular weight excluding hydrogens is 266 g/mol. The first-order valence-electron chi connectivity index (χ1n) is 5.40. The molecule has 8 heteroatoms. The van der Waals surface area contributed by atoms with E-state index in [1.165, 1.54) is 16.3 Å². The van der Waals surface area contributed by atoms with E-state index < -0.39 is 0 Å². The van der Waals surface area contributed by atoms with Crippen molar-refractivity contribution in [2.75, 3.05) is 0 Å². The van der Waals surface area contributed by atoms with E-state index in [0.29, 0.717) is 10.7 Å². The van der Waals surface area contributed by atoms with Gasteiger partial charge in [0.15, 0.2) is 11.0 Å². The number of aromatic nitrogens is 3. The molecule has 0 saturated heterocycles. The number of hydrogen-bond acceptors (Lipinski definition) is 5. The number of amidine groups is 1. The Morgan fingerprint density at radius 1 is 1.58 bits per heavy atom. The van der Waals surface area contributed by atoms with Gasteiger partial charge in [-0.2, -0.15) is 0 Å². The number of nitrogens with one attached hydrogen (secondary N) is 1. The van der Waals surface area contributed by atoms with E-state index in [1.807, 2.05) is 19.1 Å². The Morgan fingerprint density at radius 3 is 2.84 bits per heavy atom. The number of aryl methyl sites for hydroxylation is 1. The van der Waals surface area contributed by atoms with Gasteiger partial charge in [-0.1, -0.05) is 5.16 Å². The van der Waals surface area contributed by atoms with Crippen LogP contribution in [0.5, 0.6) is 0 Å². The Labute approximate surface area is 113 Å². The quantitative estimate of drug-likeness (QED) is 0.331. The van der Waals surface area contributed by atoms with E-state index in [2.05, 4.69) is 15.4 Å². The molecule has 0 aliphatic rings. The molecule has 7 nitrogen and oxygen atoms in total. The van der Waals surface area contributed by atoms with E-state index in [-0.39, 0.29) is 11.5 Å². The van der Waals surface area contributed by atoms with Gasteiger partial charge in [-0.15, -0.1) is 5.10 Å². The van der Waals surface area contributed by atoms with E-state index in [9.17, 15) is 4.79 Å². The van der Waals surface area contributed by atoms with Gasteiger partial charge >= 0.3 is 5.69 Å². The average Bonchev–Trinajstić information content (AvgIpc) is 2.70. The van der Waals surface area contributed by atoms with Crippen LogP contribution in [0.4, 0.5) is 0 Å². The van der Waals surface area contributed by atoms with Crippen molar-refractivity contribution in [3.63, 3.8) is 0 Å². The fourth-order valence-electron chi connectivity index (χ4n) is 1.57. The first kappa shape index (κ1) is 13.2. The number of rotatable bonds is 3. The van der Waals surface area contributed by atoms with Crippen LogP contribution in [0.1, 0.15) is 11.1 Å². The Kier molecular flexibility index (Phi) is 3.61. The van der Waals surface area contributed by atoms with Crippen molar-refractivity contribution in [1.82, 2.24) is 14.8 Å². The third kappa shape index (κ3) is 2.63. The molecule has 0 amide bonds. The molecule has 0 bridgehead atoms. The van der Waals surface area contributed by atoms with Crippen LogP contribution in [0, 0.1) is 6.92 Å². The molecule has 100 valence electrons. The van der Waals surface area contributed by atoms with Gasteiger partial charge in [0.05, 0.1) is 0 Å². The molecule has 0 radical (unpaired) electrons. The number of aromatic amines is 1. The van der Waals surface area contributed by atoms with E-state index in [1.54, 1.807) is 13.1 Å². The first-order chi connectivity index (χ1) is 9.02. The van der Waals surface area contributed by atoms with E-state index in [0.717, 1.165) is 10.5 Å². The lowest BCUT2D eigenvalue weighted by molar-refractivity contribution is 0.318. The molecule has 1 aromatic heterocycles. The summed E-state index contributed by atoms with van der Waals surface area (Å²) >= 11 is 1.35. The van der Waals surface area contributed by atoms with Gasteiger partial charge < -0.3 is 10.9 Å². The van der Waals surface area contributed by atoms with Crippen molar-refractivity contribution in [3.8, 4) is 0 Å². The first-order valence-corrected chi connectivity index (χ1v) is 6.22. The monoisotopic (exact) mass is 279 g/mol. The number of benzene rings is 1. The van der Waals surface area contributed by atoms with Crippen LogP contribution >= 0.6 is 11.8 Å². The molecule has 1 aromatic carbocycles. The summed E-state index contributed by atoms with van der Waals surface area (Å²) in [6.45, 7) is 1.86. The maximum atomic E-state index is 11.3. The fraction of sp³-hybridized carbons (Fsp3) is 0.182. The highest BCUT2D eigenvalue weighted by Crippen LogP contribution is 2.26. The summed E-state index contributed by atoms with van der Waals surface area (Å²) in [6, 6.07) is 5.47. The van der Waals surface area contributed by atoms with E-state index >= 15 is 0 Å². The van der Waals surface area contributed by atoms with E-state index in [4.69, 9.17) is 10.9 Å². The van der Waals surface area contributed by atoms with Crippen LogP contribution in [0.25, 0.3) is 0 Å². The lowest BCUT2D eigenvalue weighted by Gasteiger charge is -2.06. The molecule has 0 aliphatic heterocycles. The summed E-state index contributed by atoms with van der Waals surface area (Å²) in [4.78, 5) is 12.2. The summed E-state index contributed by atoms with van der Waals surface area (Å²) in [7, 11) is 1.64. The van der Waals surface area contributed by atoms with Crippen molar-refractivity contribution < 1.29 is 5.21 Å². The average molecular weight is 279 g/mol. The SMILES string of the molecule is Cc1cc(Sc2n[nH]c(=O)n2C)ccc1/C(N)=N/O. The molecule has 0 aliphatic carbocycles. The maximum Gasteiger partial charge on any atom is 0.343 e. The van der Waals surface area contributed by atoms with Gasteiger partial charge in [-0.3, -0.25) is 4.57 Å². The standard InChI is InChI=1S/C11H13N5O2S/c1-6-5-7(3-4-8(6)9(12)15-18)19-11-14-13-10(17)16(11)2/h3-5,18H,1-2H3,(H2,12,15)(H,13,17). The molecule has 0 fully saturated rings. The number of nitrogens with two attached hydrogens (primary N) is 1. The van der Waals surface area contributed by atoms with Crippen molar-refractivity contribution in [3.05, 3.63) is 39.8 Å². The number of oxime groups is 1. The molecule has 2 rings (SSSR count). The Balaban J connectivity index is 2.31. The van der Waals surface area contributed by atoms with Gasteiger partial charge in [0.2, 0.25) is 0 Å². The van der Waals surface area contributed by atoms with Crippen LogP contribution in [0.15, 0.2) is 38.2 Å². The van der Waals surface area contributed by atoms with Crippen LogP contribution in [-0.4, -0.2) is 25.8 Å². The number of nitrogens with zero attached hydrogens (tertiary/aromatic N) is 3. The third-order valence-corrected chi connectivity index (χ3v) is 3.67. The highest BCUT2D eigenvalue weighted by atomic mass is 32.2. The summed E-state index contributed by atoms with van der Waals surface area (Å²) in [6.07, 6.45) is 0. The molecule has 1 heterocycles. The summed E-state index contributed by atoms with van der Waals surface area (Å²) in [5.74, 6) is 0.0706. The molecule has 0 spiro atoms. The van der Waals surface area contributed by atoms with Gasteiger partial charge in [0.1, 0.15) is 0 Å². The largest absolute Gasteiger partial charge is 0.409 e. The minimum absolute atomic E-state index is 0.0706. The van der Waals surface area contributed by atoms with Crippen LogP contribution < -0.4 is 11.4 Å². The predicted octanol–water partition coefficient (Wildman–Crippen LogP) is 0.663. The minimum atomic E-state index is -0.257. The second-order valence-electron chi connectivity index (χ2n) is 3.93. The maximum absolute atomic E-state index is 11.3. The van der Waals surface area contributed by atoms with Crippen molar-refractivity contribution in [1.29, 1.82) is 0 Å². The summed E-state index contributed by atoms with van der Waals surface area (Å²) in [5, 5.41) is 18.5. The van der Waals surface area contributed by atoms with Crippen molar-refractivity contribution in [2.24, 2.45) is 17.9 Å². The molecule has 19 heavy (non-hydrogen) atoms. The molecule has 0 atom stereocenters. The molecular formula is C11H13N5O2S. The zero-order valence-corrected chi connectivity index (χ0v) is 11.2. The number of H-pyrrole nitrogens is 1. The Bertz CT molecular complexity index is 689.